The number of aromatic nitrogens is 4. The van der Waals surface area contributed by atoms with Crippen LogP contribution in [0.4, 0.5) is 34.8 Å². The van der Waals surface area contributed by atoms with Crippen molar-refractivity contribution in [2.45, 2.75) is 19.8 Å². The van der Waals surface area contributed by atoms with Crippen molar-refractivity contribution in [2.75, 3.05) is 16.0 Å². The Labute approximate surface area is 185 Å². The molecule has 3 heterocycles. The fourth-order valence-electron chi connectivity index (χ4n) is 3.49. The summed E-state index contributed by atoms with van der Waals surface area (Å²) < 4.78 is 0. The van der Waals surface area contributed by atoms with Crippen LogP contribution in [-0.2, 0) is 12.8 Å². The molecule has 0 saturated carbocycles. The van der Waals surface area contributed by atoms with Crippen molar-refractivity contribution in [1.29, 1.82) is 0 Å². The van der Waals surface area contributed by atoms with Gasteiger partial charge < -0.3 is 16.0 Å². The predicted molar refractivity (Wildman–Crippen MR) is 124 cm³/mol. The molecular formula is C23H20ClN7. The van der Waals surface area contributed by atoms with Crippen LogP contribution in [-0.4, -0.2) is 19.9 Å². The number of hydrogen-bond acceptors (Lipinski definition) is 7. The third-order valence-corrected chi connectivity index (χ3v) is 5.30. The molecule has 4 aromatic rings. The second-order valence-electron chi connectivity index (χ2n) is 7.36. The van der Waals surface area contributed by atoms with E-state index < -0.39 is 0 Å². The Kier molecular flexibility index (Phi) is 5.09. The first kappa shape index (κ1) is 19.3. The Morgan fingerprint density at radius 1 is 0.935 bits per heavy atom. The summed E-state index contributed by atoms with van der Waals surface area (Å²) in [5.74, 6) is 1.61. The molecule has 1 aliphatic heterocycles. The number of nitrogens with zero attached hydrogens (tertiary/aromatic N) is 4. The van der Waals surface area contributed by atoms with Crippen LogP contribution in [0.1, 0.15) is 16.8 Å². The van der Waals surface area contributed by atoms with E-state index in [1.54, 1.807) is 12.4 Å². The minimum atomic E-state index is 0.450. The summed E-state index contributed by atoms with van der Waals surface area (Å²) in [5.41, 5.74) is 6.06. The predicted octanol–water partition coefficient (Wildman–Crippen LogP) is 5.56. The molecule has 8 heteroatoms. The quantitative estimate of drug-likeness (QED) is 0.384. The largest absolute Gasteiger partial charge is 0.339 e. The number of anilines is 6. The summed E-state index contributed by atoms with van der Waals surface area (Å²) in [6, 6.07) is 16.2. The molecule has 0 fully saturated rings. The molecule has 3 N–H and O–H groups in total. The van der Waals surface area contributed by atoms with E-state index in [4.69, 9.17) is 11.6 Å². The number of aryl methyl sites for hydroxylation is 3. The Balaban J connectivity index is 1.56. The van der Waals surface area contributed by atoms with E-state index in [-0.39, 0.29) is 0 Å². The second-order valence-corrected chi connectivity index (χ2v) is 7.77. The molecule has 0 atom stereocenters. The van der Waals surface area contributed by atoms with Gasteiger partial charge in [-0.15, -0.1) is 0 Å². The van der Waals surface area contributed by atoms with Crippen LogP contribution in [0.3, 0.4) is 0 Å². The molecule has 0 aliphatic carbocycles. The van der Waals surface area contributed by atoms with Crippen LogP contribution in [0, 0.1) is 6.92 Å². The van der Waals surface area contributed by atoms with E-state index in [0.717, 1.165) is 41.2 Å². The topological polar surface area (TPSA) is 87.7 Å². The van der Waals surface area contributed by atoms with Crippen LogP contribution in [0.15, 0.2) is 60.9 Å². The fourth-order valence-corrected chi connectivity index (χ4v) is 3.63. The van der Waals surface area contributed by atoms with Gasteiger partial charge >= 0.3 is 0 Å². The summed E-state index contributed by atoms with van der Waals surface area (Å²) in [5, 5.41) is 10.4. The van der Waals surface area contributed by atoms with Gasteiger partial charge in [0.2, 0.25) is 11.9 Å². The summed E-state index contributed by atoms with van der Waals surface area (Å²) in [6.07, 6.45) is 5.06. The molecule has 6 bridgehead atoms. The van der Waals surface area contributed by atoms with Crippen molar-refractivity contribution < 1.29 is 0 Å². The fraction of sp³-hybridized carbons (Fsp3) is 0.130. The van der Waals surface area contributed by atoms with Gasteiger partial charge in [-0.2, -0.15) is 4.98 Å². The van der Waals surface area contributed by atoms with Crippen molar-refractivity contribution in [1.82, 2.24) is 19.9 Å². The molecule has 0 saturated heterocycles. The van der Waals surface area contributed by atoms with E-state index in [1.807, 2.05) is 37.3 Å². The van der Waals surface area contributed by atoms with Crippen LogP contribution < -0.4 is 16.0 Å². The van der Waals surface area contributed by atoms with Gasteiger partial charge in [0.15, 0.2) is 5.82 Å². The van der Waals surface area contributed by atoms with Crippen molar-refractivity contribution in [3.8, 4) is 0 Å². The number of rotatable bonds is 2. The molecule has 0 unspecified atom stereocenters. The van der Waals surface area contributed by atoms with Gasteiger partial charge in [-0.1, -0.05) is 23.7 Å². The first-order valence-electron chi connectivity index (χ1n) is 9.97. The highest BCUT2D eigenvalue weighted by molar-refractivity contribution is 6.32. The lowest BCUT2D eigenvalue weighted by Crippen LogP contribution is -2.04. The second kappa shape index (κ2) is 8.20. The molecule has 5 rings (SSSR count). The zero-order valence-electron chi connectivity index (χ0n) is 16.9. The van der Waals surface area contributed by atoms with Gasteiger partial charge in [0.1, 0.15) is 5.02 Å². The highest BCUT2D eigenvalue weighted by atomic mass is 35.5. The Morgan fingerprint density at radius 2 is 1.84 bits per heavy atom. The van der Waals surface area contributed by atoms with Gasteiger partial charge in [0.05, 0.1) is 6.20 Å². The average Bonchev–Trinajstić information content (AvgIpc) is 2.76. The highest BCUT2D eigenvalue weighted by Gasteiger charge is 2.12. The third kappa shape index (κ3) is 4.41. The molecule has 0 spiro atoms. The molecule has 7 nitrogen and oxygen atoms in total. The molecule has 0 radical (unpaired) electrons. The van der Waals surface area contributed by atoms with Crippen molar-refractivity contribution in [3.63, 3.8) is 0 Å². The number of benzene rings is 2. The lowest BCUT2D eigenvalue weighted by atomic mass is 10.0. The maximum absolute atomic E-state index is 6.34. The lowest BCUT2D eigenvalue weighted by molar-refractivity contribution is 0.961. The van der Waals surface area contributed by atoms with Crippen LogP contribution in [0.2, 0.25) is 5.02 Å². The van der Waals surface area contributed by atoms with Crippen molar-refractivity contribution >= 4 is 46.4 Å². The van der Waals surface area contributed by atoms with Gasteiger partial charge in [-0.3, -0.25) is 0 Å². The van der Waals surface area contributed by atoms with E-state index >= 15 is 0 Å². The summed E-state index contributed by atoms with van der Waals surface area (Å²) >= 11 is 6.34. The molecule has 154 valence electrons. The van der Waals surface area contributed by atoms with Gasteiger partial charge in [-0.25, -0.2) is 15.0 Å². The number of hydrogen-bond donors (Lipinski definition) is 3. The Bertz CT molecular complexity index is 1260. The van der Waals surface area contributed by atoms with Gasteiger partial charge in [0, 0.05) is 29.0 Å². The number of fused-ring (bicyclic) bond motifs is 6. The number of nitrogens with one attached hydrogen (secondary N) is 3. The average molecular weight is 430 g/mol. The summed E-state index contributed by atoms with van der Waals surface area (Å²) in [4.78, 5) is 17.6. The normalized spacial score (nSPS) is 12.5. The maximum Gasteiger partial charge on any atom is 0.229 e. The van der Waals surface area contributed by atoms with Crippen molar-refractivity contribution in [3.05, 3.63) is 82.8 Å². The van der Waals surface area contributed by atoms with Crippen LogP contribution >= 0.6 is 11.6 Å². The molecular weight excluding hydrogens is 410 g/mol. The standard InChI is InChI=1S/C23H20ClN7/c1-14-9-10-25-22(27-14)30-20-8-7-18-12-16(20)6-5-15-3-2-4-17(11-15)29-23-26-13-19(24)21(28-18)31-23/h2-4,7-13H,5-6H2,1H3,(H,25,27,30)(H2,26,28,29,31). The van der Waals surface area contributed by atoms with E-state index in [9.17, 15) is 0 Å². The zero-order valence-corrected chi connectivity index (χ0v) is 17.6. The minimum Gasteiger partial charge on any atom is -0.339 e. The van der Waals surface area contributed by atoms with E-state index in [0.29, 0.717) is 22.7 Å². The SMILES string of the molecule is Cc1ccnc(Nc2ccc3cc2CCc2cccc(c2)Nc2ncc(Cl)c(n2)N3)n1. The van der Waals surface area contributed by atoms with Gasteiger partial charge in [-0.05, 0) is 67.3 Å². The summed E-state index contributed by atoms with van der Waals surface area (Å²) in [7, 11) is 0. The lowest BCUT2D eigenvalue weighted by Gasteiger charge is -2.14. The first-order valence-corrected chi connectivity index (χ1v) is 10.4. The van der Waals surface area contributed by atoms with Crippen LogP contribution in [0.5, 0.6) is 0 Å². The summed E-state index contributed by atoms with van der Waals surface area (Å²) in [6.45, 7) is 1.95. The molecule has 31 heavy (non-hydrogen) atoms. The minimum absolute atomic E-state index is 0.450. The van der Waals surface area contributed by atoms with Crippen LogP contribution in [0.25, 0.3) is 0 Å². The molecule has 0 amide bonds. The smallest absolute Gasteiger partial charge is 0.229 e. The van der Waals surface area contributed by atoms with Crippen molar-refractivity contribution in [2.24, 2.45) is 0 Å². The third-order valence-electron chi connectivity index (χ3n) is 5.02. The van der Waals surface area contributed by atoms with Gasteiger partial charge in [0.25, 0.3) is 0 Å². The zero-order chi connectivity index (χ0) is 21.2. The Morgan fingerprint density at radius 3 is 2.74 bits per heavy atom. The maximum atomic E-state index is 6.34. The molecule has 2 aromatic carbocycles. The Hall–Kier alpha value is -3.71. The van der Waals surface area contributed by atoms with E-state index in [1.165, 1.54) is 5.56 Å². The number of halogens is 1. The first-order chi connectivity index (χ1) is 15.1. The molecule has 2 aromatic heterocycles. The molecule has 1 aliphatic rings. The van der Waals surface area contributed by atoms with E-state index in [2.05, 4.69) is 54.1 Å². The monoisotopic (exact) mass is 429 g/mol. The highest BCUT2D eigenvalue weighted by Crippen LogP contribution is 2.30.